The van der Waals surface area contributed by atoms with Crippen LogP contribution in [0.5, 0.6) is 0 Å². The lowest BCUT2D eigenvalue weighted by Crippen LogP contribution is -2.55. The molecule has 0 unspecified atom stereocenters. The quantitative estimate of drug-likeness (QED) is 0.156. The van der Waals surface area contributed by atoms with Gasteiger partial charge in [0.25, 0.3) is 0 Å². The largest absolute Gasteiger partial charge is 0.466 e. The third-order valence-electron chi connectivity index (χ3n) is 6.73. The predicted octanol–water partition coefficient (Wildman–Crippen LogP) is 4.00. The number of carbonyl (C=O) groups is 2. The maximum Gasteiger partial charge on any atom is 0.331 e. The van der Waals surface area contributed by atoms with Gasteiger partial charge in [0.1, 0.15) is 23.4 Å². The molecule has 7 heteroatoms. The van der Waals surface area contributed by atoms with Crippen LogP contribution < -0.4 is 0 Å². The van der Waals surface area contributed by atoms with Gasteiger partial charge >= 0.3 is 11.9 Å². The third-order valence-corrected chi connectivity index (χ3v) is 6.73. The molecule has 3 rings (SSSR count). The van der Waals surface area contributed by atoms with Gasteiger partial charge in [-0.3, -0.25) is 0 Å². The molecule has 0 aromatic heterocycles. The number of epoxide rings is 2. The van der Waals surface area contributed by atoms with Gasteiger partial charge in [0.15, 0.2) is 0 Å². The summed E-state index contributed by atoms with van der Waals surface area (Å²) in [6, 6.07) is 0. The van der Waals surface area contributed by atoms with Crippen LogP contribution >= 0.6 is 0 Å². The standard InChI is InChI=1S/C27H36O7/c1-19(2)14-15-21-26(3,34-21)25-24(31-5)20(16-17-27(25)18-32-27)33-23(29)13-11-9-7-6-8-10-12-22(28)30-4/h6-14,20-21,24-25H,15-18H2,1-5H3/b8-6+,9-7+,12-10+,13-11-/t20-,21-,24-,25-,26+,27-/m1/s1. The van der Waals surface area contributed by atoms with E-state index in [2.05, 4.69) is 31.6 Å². The molecule has 3 aliphatic rings. The lowest BCUT2D eigenvalue weighted by molar-refractivity contribution is -0.166. The van der Waals surface area contributed by atoms with Crippen molar-refractivity contribution in [1.82, 2.24) is 0 Å². The molecule has 0 radical (unpaired) electrons. The van der Waals surface area contributed by atoms with Crippen molar-refractivity contribution in [3.63, 3.8) is 0 Å². The maximum absolute atomic E-state index is 12.5. The van der Waals surface area contributed by atoms with E-state index in [0.29, 0.717) is 13.0 Å². The van der Waals surface area contributed by atoms with E-state index in [1.54, 1.807) is 43.6 Å². The average Bonchev–Trinajstić information content (AvgIpc) is 3.72. The molecule has 34 heavy (non-hydrogen) atoms. The first kappa shape index (κ1) is 26.1. The van der Waals surface area contributed by atoms with Crippen molar-refractivity contribution < 1.29 is 33.3 Å². The first-order chi connectivity index (χ1) is 16.3. The smallest absolute Gasteiger partial charge is 0.331 e. The van der Waals surface area contributed by atoms with Crippen LogP contribution in [0.25, 0.3) is 0 Å². The van der Waals surface area contributed by atoms with Crippen LogP contribution in [0.3, 0.4) is 0 Å². The second-order valence-corrected chi connectivity index (χ2v) is 9.36. The molecule has 7 nitrogen and oxygen atoms in total. The van der Waals surface area contributed by atoms with Gasteiger partial charge in [-0.05, 0) is 40.0 Å². The van der Waals surface area contributed by atoms with E-state index < -0.39 is 11.9 Å². The van der Waals surface area contributed by atoms with Crippen LogP contribution in [0.4, 0.5) is 0 Å². The van der Waals surface area contributed by atoms with Crippen molar-refractivity contribution in [3.8, 4) is 0 Å². The topological polar surface area (TPSA) is 86.9 Å². The molecule has 1 spiro atoms. The molecule has 0 aromatic carbocycles. The SMILES string of the molecule is COC(=O)/C=C/C=C/C=C/C=C\C(=O)O[C@@H]1CC[C@@]2(CO2)[C@@H]([C@@]2(C)O[C@@H]2CC=C(C)C)[C@@H]1OC. The van der Waals surface area contributed by atoms with Crippen molar-refractivity contribution >= 4 is 11.9 Å². The van der Waals surface area contributed by atoms with Gasteiger partial charge in [0.2, 0.25) is 0 Å². The van der Waals surface area contributed by atoms with E-state index in [0.717, 1.165) is 12.8 Å². The number of hydrogen-bond acceptors (Lipinski definition) is 7. The highest BCUT2D eigenvalue weighted by atomic mass is 16.6. The van der Waals surface area contributed by atoms with Gasteiger partial charge in [-0.1, -0.05) is 48.1 Å². The molecule has 6 atom stereocenters. The van der Waals surface area contributed by atoms with Gasteiger partial charge < -0.3 is 23.7 Å². The number of rotatable bonds is 10. The Bertz CT molecular complexity index is 889. The molecule has 2 heterocycles. The molecule has 0 N–H and O–H groups in total. The van der Waals surface area contributed by atoms with E-state index in [1.807, 2.05) is 0 Å². The Kier molecular flexibility index (Phi) is 8.68. The number of allylic oxidation sites excluding steroid dienone is 7. The summed E-state index contributed by atoms with van der Waals surface area (Å²) < 4.78 is 28.3. The van der Waals surface area contributed by atoms with Gasteiger partial charge in [-0.25, -0.2) is 9.59 Å². The average molecular weight is 473 g/mol. The van der Waals surface area contributed by atoms with E-state index in [1.165, 1.54) is 24.8 Å². The maximum atomic E-state index is 12.5. The van der Waals surface area contributed by atoms with Crippen LogP contribution in [0.15, 0.2) is 60.3 Å². The Hall–Kier alpha value is -2.48. The summed E-state index contributed by atoms with van der Waals surface area (Å²) >= 11 is 0. The minimum absolute atomic E-state index is 0.000769. The molecule has 2 aliphatic heterocycles. The normalized spacial score (nSPS) is 34.9. The first-order valence-electron chi connectivity index (χ1n) is 11.7. The van der Waals surface area contributed by atoms with E-state index in [-0.39, 0.29) is 35.4 Å². The van der Waals surface area contributed by atoms with Crippen molar-refractivity contribution in [2.75, 3.05) is 20.8 Å². The molecule has 1 saturated carbocycles. The second kappa shape index (κ2) is 11.3. The number of esters is 2. The fourth-order valence-electron chi connectivity index (χ4n) is 4.85. The van der Waals surface area contributed by atoms with E-state index in [9.17, 15) is 9.59 Å². The summed E-state index contributed by atoms with van der Waals surface area (Å²) in [6.45, 7) is 6.99. The van der Waals surface area contributed by atoms with E-state index in [4.69, 9.17) is 18.9 Å². The van der Waals surface area contributed by atoms with Crippen LogP contribution in [0.1, 0.15) is 40.0 Å². The van der Waals surface area contributed by atoms with Gasteiger partial charge in [0.05, 0.1) is 25.7 Å². The fourth-order valence-corrected chi connectivity index (χ4v) is 4.85. The monoisotopic (exact) mass is 472 g/mol. The molecule has 0 bridgehead atoms. The van der Waals surface area contributed by atoms with E-state index >= 15 is 0 Å². The molecule has 3 fully saturated rings. The lowest BCUT2D eigenvalue weighted by atomic mass is 9.68. The van der Waals surface area contributed by atoms with Crippen molar-refractivity contribution in [2.45, 2.75) is 69.5 Å². The zero-order chi connectivity index (χ0) is 24.8. The third kappa shape index (κ3) is 6.34. The Morgan fingerprint density at radius 3 is 2.18 bits per heavy atom. The first-order valence-corrected chi connectivity index (χ1v) is 11.7. The molecule has 0 aromatic rings. The summed E-state index contributed by atoms with van der Waals surface area (Å²) in [6.07, 6.45) is 16.8. The summed E-state index contributed by atoms with van der Waals surface area (Å²) in [4.78, 5) is 23.4. The molecule has 2 saturated heterocycles. The summed E-state index contributed by atoms with van der Waals surface area (Å²) in [5, 5.41) is 0. The molecule has 186 valence electrons. The highest BCUT2D eigenvalue weighted by molar-refractivity contribution is 5.82. The Morgan fingerprint density at radius 1 is 1.00 bits per heavy atom. The summed E-state index contributed by atoms with van der Waals surface area (Å²) in [5.41, 5.74) is 0.662. The van der Waals surface area contributed by atoms with Gasteiger partial charge in [-0.15, -0.1) is 0 Å². The van der Waals surface area contributed by atoms with Crippen LogP contribution in [-0.4, -0.2) is 62.3 Å². The summed E-state index contributed by atoms with van der Waals surface area (Å²) in [7, 11) is 2.99. The predicted molar refractivity (Wildman–Crippen MR) is 128 cm³/mol. The minimum Gasteiger partial charge on any atom is -0.466 e. The number of carbonyl (C=O) groups excluding carboxylic acids is 2. The molecular formula is C27H36O7. The van der Waals surface area contributed by atoms with Crippen LogP contribution in [-0.2, 0) is 33.3 Å². The fraction of sp³-hybridized carbons (Fsp3) is 0.556. The van der Waals surface area contributed by atoms with Crippen LogP contribution in [0.2, 0.25) is 0 Å². The Morgan fingerprint density at radius 2 is 1.62 bits per heavy atom. The number of ether oxygens (including phenoxy) is 5. The molecule has 1 aliphatic carbocycles. The lowest BCUT2D eigenvalue weighted by Gasteiger charge is -2.42. The second-order valence-electron chi connectivity index (χ2n) is 9.36. The molecule has 0 amide bonds. The molecular weight excluding hydrogens is 436 g/mol. The van der Waals surface area contributed by atoms with Crippen molar-refractivity contribution in [3.05, 3.63) is 60.3 Å². The Labute approximate surface area is 202 Å². The van der Waals surface area contributed by atoms with Crippen molar-refractivity contribution in [1.29, 1.82) is 0 Å². The zero-order valence-corrected chi connectivity index (χ0v) is 20.7. The van der Waals surface area contributed by atoms with Gasteiger partial charge in [0, 0.05) is 19.3 Å². The highest BCUT2D eigenvalue weighted by Crippen LogP contribution is 2.59. The minimum atomic E-state index is -0.416. The Balaban J connectivity index is 1.57. The highest BCUT2D eigenvalue weighted by Gasteiger charge is 2.72. The van der Waals surface area contributed by atoms with Gasteiger partial charge in [-0.2, -0.15) is 0 Å². The van der Waals surface area contributed by atoms with Crippen molar-refractivity contribution in [2.24, 2.45) is 5.92 Å². The number of methoxy groups -OCH3 is 2. The summed E-state index contributed by atoms with van der Waals surface area (Å²) in [5.74, 6) is -0.833. The van der Waals surface area contributed by atoms with Crippen LogP contribution in [0, 0.1) is 5.92 Å². The zero-order valence-electron chi connectivity index (χ0n) is 20.7. The number of hydrogen-bond donors (Lipinski definition) is 0.